The van der Waals surface area contributed by atoms with Crippen molar-refractivity contribution in [2.75, 3.05) is 38.0 Å². The summed E-state index contributed by atoms with van der Waals surface area (Å²) >= 11 is 12.0. The second-order valence-electron chi connectivity index (χ2n) is 7.96. The largest absolute Gasteiger partial charge is 0.322 e. The van der Waals surface area contributed by atoms with Gasteiger partial charge in [0.05, 0.1) is 10.0 Å². The molecule has 2 aromatic rings. The molecule has 0 bridgehead atoms. The fourth-order valence-corrected chi connectivity index (χ4v) is 4.08. The van der Waals surface area contributed by atoms with Gasteiger partial charge in [-0.1, -0.05) is 61.5 Å². The van der Waals surface area contributed by atoms with E-state index in [4.69, 9.17) is 23.2 Å². The maximum absolute atomic E-state index is 12.5. The number of rotatable bonds is 9. The summed E-state index contributed by atoms with van der Waals surface area (Å²) in [6.07, 6.45) is 5.30. The number of piperazine rings is 1. The van der Waals surface area contributed by atoms with Gasteiger partial charge in [0.1, 0.15) is 0 Å². The molecule has 0 spiro atoms. The quantitative estimate of drug-likeness (QED) is 0.482. The Balaban J connectivity index is 1.49. The lowest BCUT2D eigenvalue weighted by molar-refractivity contribution is 0.102. The number of nitrogens with zero attached hydrogens (tertiary/aromatic N) is 2. The van der Waals surface area contributed by atoms with Gasteiger partial charge in [-0.15, -0.1) is 0 Å². The maximum atomic E-state index is 12.5. The molecular formula is C24H31Cl2N3O. The first-order valence-electron chi connectivity index (χ1n) is 10.8. The van der Waals surface area contributed by atoms with Crippen LogP contribution in [0.1, 0.15) is 48.5 Å². The second kappa shape index (κ2) is 11.7. The van der Waals surface area contributed by atoms with E-state index >= 15 is 0 Å². The van der Waals surface area contributed by atoms with Crippen LogP contribution in [0.15, 0.2) is 42.5 Å². The molecule has 0 saturated carbocycles. The molecule has 1 N–H and O–H groups in total. The van der Waals surface area contributed by atoms with Gasteiger partial charge < -0.3 is 10.2 Å². The van der Waals surface area contributed by atoms with Gasteiger partial charge in [-0.05, 0) is 48.9 Å². The molecule has 0 aliphatic carbocycles. The van der Waals surface area contributed by atoms with Crippen molar-refractivity contribution in [2.45, 2.75) is 39.2 Å². The van der Waals surface area contributed by atoms with E-state index in [9.17, 15) is 4.79 Å². The van der Waals surface area contributed by atoms with Crippen LogP contribution in [-0.2, 0) is 6.54 Å². The van der Waals surface area contributed by atoms with Crippen LogP contribution in [0.2, 0.25) is 10.0 Å². The molecule has 0 unspecified atom stereocenters. The third-order valence-electron chi connectivity index (χ3n) is 5.57. The van der Waals surface area contributed by atoms with Crippen LogP contribution >= 0.6 is 23.2 Å². The Morgan fingerprint density at radius 1 is 0.933 bits per heavy atom. The van der Waals surface area contributed by atoms with Crippen molar-refractivity contribution in [2.24, 2.45) is 0 Å². The number of anilines is 1. The van der Waals surface area contributed by atoms with Gasteiger partial charge in [-0.2, -0.15) is 0 Å². The van der Waals surface area contributed by atoms with Gasteiger partial charge in [0.25, 0.3) is 5.91 Å². The molecule has 1 heterocycles. The minimum absolute atomic E-state index is 0.192. The highest BCUT2D eigenvalue weighted by molar-refractivity contribution is 6.42. The van der Waals surface area contributed by atoms with E-state index in [1.165, 1.54) is 37.8 Å². The second-order valence-corrected chi connectivity index (χ2v) is 8.78. The highest BCUT2D eigenvalue weighted by atomic mass is 35.5. The van der Waals surface area contributed by atoms with Crippen LogP contribution in [-0.4, -0.2) is 48.4 Å². The summed E-state index contributed by atoms with van der Waals surface area (Å²) < 4.78 is 0. The Labute approximate surface area is 190 Å². The number of carbonyl (C=O) groups is 1. The number of amides is 1. The molecule has 0 radical (unpaired) electrons. The third kappa shape index (κ3) is 6.98. The predicted octanol–water partition coefficient (Wildman–Crippen LogP) is 5.94. The Morgan fingerprint density at radius 3 is 2.43 bits per heavy atom. The summed E-state index contributed by atoms with van der Waals surface area (Å²) in [6, 6.07) is 13.0. The van der Waals surface area contributed by atoms with E-state index < -0.39 is 0 Å². The molecule has 162 valence electrons. The van der Waals surface area contributed by atoms with Gasteiger partial charge in [0.2, 0.25) is 0 Å². The summed E-state index contributed by atoms with van der Waals surface area (Å²) in [4.78, 5) is 17.6. The molecule has 2 aromatic carbocycles. The molecule has 4 nitrogen and oxygen atoms in total. The standard InChI is InChI=1S/C24H31Cl2N3O/c1-2-3-4-5-11-28-12-14-29(15-13-28)18-19-7-6-8-21(16-19)27-24(30)20-9-10-22(25)23(26)17-20/h6-10,16-17H,2-5,11-15,18H2,1H3,(H,27,30). The van der Waals surface area contributed by atoms with Gasteiger partial charge in [-0.3, -0.25) is 9.69 Å². The van der Waals surface area contributed by atoms with Crippen molar-refractivity contribution in [1.29, 1.82) is 0 Å². The molecule has 1 aliphatic heterocycles. The van der Waals surface area contributed by atoms with E-state index in [0.29, 0.717) is 15.6 Å². The molecule has 0 aromatic heterocycles. The molecule has 1 amide bonds. The Morgan fingerprint density at radius 2 is 1.70 bits per heavy atom. The highest BCUT2D eigenvalue weighted by Gasteiger charge is 2.17. The Kier molecular flexibility index (Phi) is 9.01. The average molecular weight is 448 g/mol. The van der Waals surface area contributed by atoms with Crippen molar-refractivity contribution >= 4 is 34.8 Å². The molecule has 6 heteroatoms. The van der Waals surface area contributed by atoms with Gasteiger partial charge in [0, 0.05) is 44.0 Å². The van der Waals surface area contributed by atoms with Gasteiger partial charge >= 0.3 is 0 Å². The minimum Gasteiger partial charge on any atom is -0.322 e. The molecule has 1 fully saturated rings. The predicted molar refractivity (Wildman–Crippen MR) is 127 cm³/mol. The van der Waals surface area contributed by atoms with Gasteiger partial charge in [0.15, 0.2) is 0 Å². The fraction of sp³-hybridized carbons (Fsp3) is 0.458. The van der Waals surface area contributed by atoms with Crippen molar-refractivity contribution in [1.82, 2.24) is 9.80 Å². The smallest absolute Gasteiger partial charge is 0.255 e. The first-order valence-corrected chi connectivity index (χ1v) is 11.6. The lowest BCUT2D eigenvalue weighted by atomic mass is 10.1. The minimum atomic E-state index is -0.192. The summed E-state index contributed by atoms with van der Waals surface area (Å²) in [5.41, 5.74) is 2.49. The average Bonchev–Trinajstić information content (AvgIpc) is 2.74. The number of nitrogens with one attached hydrogen (secondary N) is 1. The summed E-state index contributed by atoms with van der Waals surface area (Å²) in [5, 5.41) is 3.77. The van der Waals surface area contributed by atoms with E-state index in [1.807, 2.05) is 18.2 Å². The highest BCUT2D eigenvalue weighted by Crippen LogP contribution is 2.23. The molecule has 1 saturated heterocycles. The van der Waals surface area contributed by atoms with Crippen molar-refractivity contribution in [3.8, 4) is 0 Å². The monoisotopic (exact) mass is 447 g/mol. The summed E-state index contributed by atoms with van der Waals surface area (Å²) in [7, 11) is 0. The normalized spacial score (nSPS) is 15.3. The van der Waals surface area contributed by atoms with Crippen LogP contribution in [0, 0.1) is 0 Å². The number of benzene rings is 2. The van der Waals surface area contributed by atoms with Crippen molar-refractivity contribution in [3.05, 3.63) is 63.6 Å². The van der Waals surface area contributed by atoms with E-state index in [2.05, 4.69) is 28.1 Å². The number of carbonyl (C=O) groups excluding carboxylic acids is 1. The Bertz CT molecular complexity index is 835. The lowest BCUT2D eigenvalue weighted by Gasteiger charge is -2.34. The fourth-order valence-electron chi connectivity index (χ4n) is 3.78. The molecular weight excluding hydrogens is 417 g/mol. The van der Waals surface area contributed by atoms with Crippen LogP contribution in [0.25, 0.3) is 0 Å². The van der Waals surface area contributed by atoms with E-state index in [0.717, 1.165) is 38.4 Å². The number of hydrogen-bond donors (Lipinski definition) is 1. The number of unbranched alkanes of at least 4 members (excludes halogenated alkanes) is 3. The van der Waals surface area contributed by atoms with Crippen LogP contribution in [0.4, 0.5) is 5.69 Å². The van der Waals surface area contributed by atoms with Crippen LogP contribution < -0.4 is 5.32 Å². The molecule has 1 aliphatic rings. The molecule has 30 heavy (non-hydrogen) atoms. The first kappa shape index (κ1) is 23.1. The lowest BCUT2D eigenvalue weighted by Crippen LogP contribution is -2.46. The zero-order valence-corrected chi connectivity index (χ0v) is 19.2. The zero-order valence-electron chi connectivity index (χ0n) is 17.7. The van der Waals surface area contributed by atoms with Gasteiger partial charge in [-0.25, -0.2) is 0 Å². The summed E-state index contributed by atoms with van der Waals surface area (Å²) in [6.45, 7) is 8.84. The first-order chi connectivity index (χ1) is 14.5. The van der Waals surface area contributed by atoms with Crippen molar-refractivity contribution < 1.29 is 4.79 Å². The van der Waals surface area contributed by atoms with Crippen LogP contribution in [0.5, 0.6) is 0 Å². The third-order valence-corrected chi connectivity index (χ3v) is 6.30. The molecule has 0 atom stereocenters. The molecule has 3 rings (SSSR count). The number of halogens is 2. The zero-order chi connectivity index (χ0) is 21.3. The summed E-state index contributed by atoms with van der Waals surface area (Å²) in [5.74, 6) is -0.192. The van der Waals surface area contributed by atoms with Crippen molar-refractivity contribution in [3.63, 3.8) is 0 Å². The van der Waals surface area contributed by atoms with E-state index in [-0.39, 0.29) is 5.91 Å². The number of hydrogen-bond acceptors (Lipinski definition) is 3. The van der Waals surface area contributed by atoms with Crippen LogP contribution in [0.3, 0.4) is 0 Å². The Hall–Kier alpha value is -1.59. The topological polar surface area (TPSA) is 35.6 Å². The SMILES string of the molecule is CCCCCCN1CCN(Cc2cccc(NC(=O)c3ccc(Cl)c(Cl)c3)c2)CC1. The van der Waals surface area contributed by atoms with E-state index in [1.54, 1.807) is 18.2 Å². The maximum Gasteiger partial charge on any atom is 0.255 e.